The number of rotatable bonds is 5. The van der Waals surface area contributed by atoms with Crippen molar-refractivity contribution in [1.82, 2.24) is 25.9 Å². The minimum absolute atomic E-state index is 0.0151. The molecule has 1 aliphatic carbocycles. The fraction of sp³-hybridized carbons (Fsp3) is 0.333. The van der Waals surface area contributed by atoms with E-state index in [1.807, 2.05) is 18.2 Å². The van der Waals surface area contributed by atoms with Gasteiger partial charge >= 0.3 is 5.97 Å². The number of nitrogens with zero attached hydrogens (tertiary/aromatic N) is 3. The zero-order valence-corrected chi connectivity index (χ0v) is 19.2. The molecule has 4 aromatic rings. The third kappa shape index (κ3) is 4.37. The molecular formula is C27H27N5O3. The highest BCUT2D eigenvalue weighted by atomic mass is 16.5. The van der Waals surface area contributed by atoms with Gasteiger partial charge in [0.05, 0.1) is 11.7 Å². The van der Waals surface area contributed by atoms with Crippen LogP contribution in [-0.4, -0.2) is 50.4 Å². The Hall–Kier alpha value is -3.78. The van der Waals surface area contributed by atoms with Gasteiger partial charge in [0.1, 0.15) is 11.8 Å². The van der Waals surface area contributed by atoms with Crippen LogP contribution in [0.1, 0.15) is 25.7 Å². The van der Waals surface area contributed by atoms with Crippen molar-refractivity contribution >= 4 is 16.7 Å². The predicted octanol–water partition coefficient (Wildman–Crippen LogP) is 4.30. The molecule has 2 aliphatic rings. The molecule has 8 nitrogen and oxygen atoms in total. The third-order valence-corrected chi connectivity index (χ3v) is 7.50. The van der Waals surface area contributed by atoms with E-state index >= 15 is 0 Å². The SMILES string of the molecule is O=C(O)[C@@H]1C[C@@H]2C[C@@H](Oc3cc(-c4ccc5ccccc5c4)ccc3-c3nn[nH]n3)CC[C@H]2CN1. The number of H-pyrrole nitrogens is 1. The summed E-state index contributed by atoms with van der Waals surface area (Å²) in [6, 6.07) is 20.4. The average Bonchev–Trinajstić information content (AvgIpc) is 3.43. The molecule has 6 rings (SSSR count). The van der Waals surface area contributed by atoms with Gasteiger partial charge < -0.3 is 15.2 Å². The zero-order valence-electron chi connectivity index (χ0n) is 19.2. The molecule has 0 radical (unpaired) electrons. The van der Waals surface area contributed by atoms with Gasteiger partial charge in [0.25, 0.3) is 0 Å². The smallest absolute Gasteiger partial charge is 0.320 e. The van der Waals surface area contributed by atoms with E-state index in [9.17, 15) is 9.90 Å². The summed E-state index contributed by atoms with van der Waals surface area (Å²) in [5, 5.41) is 29.6. The molecule has 1 aliphatic heterocycles. The molecule has 0 spiro atoms. The lowest BCUT2D eigenvalue weighted by Gasteiger charge is -2.41. The van der Waals surface area contributed by atoms with Crippen LogP contribution in [0.5, 0.6) is 5.75 Å². The Labute approximate surface area is 202 Å². The number of hydrogen-bond donors (Lipinski definition) is 3. The van der Waals surface area contributed by atoms with E-state index in [1.165, 1.54) is 10.8 Å². The van der Waals surface area contributed by atoms with Crippen LogP contribution < -0.4 is 10.1 Å². The fourth-order valence-electron chi connectivity index (χ4n) is 5.62. The van der Waals surface area contributed by atoms with Crippen molar-refractivity contribution in [2.24, 2.45) is 11.8 Å². The van der Waals surface area contributed by atoms with E-state index in [1.54, 1.807) is 0 Å². The van der Waals surface area contributed by atoms with Crippen LogP contribution in [0.4, 0.5) is 0 Å². The minimum atomic E-state index is -0.769. The topological polar surface area (TPSA) is 113 Å². The maximum absolute atomic E-state index is 11.5. The Bertz CT molecular complexity index is 1360. The summed E-state index contributed by atoms with van der Waals surface area (Å²) in [5.41, 5.74) is 2.96. The fourth-order valence-corrected chi connectivity index (χ4v) is 5.62. The highest BCUT2D eigenvalue weighted by Crippen LogP contribution is 2.40. The van der Waals surface area contributed by atoms with Crippen LogP contribution in [0.15, 0.2) is 60.7 Å². The molecule has 1 saturated carbocycles. The van der Waals surface area contributed by atoms with Crippen molar-refractivity contribution in [1.29, 1.82) is 0 Å². The number of aromatic nitrogens is 4. The Balaban J connectivity index is 1.30. The highest BCUT2D eigenvalue weighted by molar-refractivity contribution is 5.88. The largest absolute Gasteiger partial charge is 0.490 e. The van der Waals surface area contributed by atoms with Crippen LogP contribution >= 0.6 is 0 Å². The van der Waals surface area contributed by atoms with Crippen LogP contribution in [0.2, 0.25) is 0 Å². The summed E-state index contributed by atoms with van der Waals surface area (Å²) in [7, 11) is 0. The second-order valence-electron chi connectivity index (χ2n) is 9.62. The number of carboxylic acids is 1. The Kier molecular flexibility index (Phi) is 5.66. The van der Waals surface area contributed by atoms with Gasteiger partial charge in [-0.1, -0.05) is 42.5 Å². The van der Waals surface area contributed by atoms with Crippen LogP contribution in [0.3, 0.4) is 0 Å². The number of fused-ring (bicyclic) bond motifs is 2. The molecule has 1 saturated heterocycles. The first-order chi connectivity index (χ1) is 17.1. The second kappa shape index (κ2) is 9.11. The number of piperidine rings is 1. The number of aliphatic carboxylic acids is 1. The third-order valence-electron chi connectivity index (χ3n) is 7.50. The van der Waals surface area contributed by atoms with Crippen LogP contribution in [0, 0.1) is 11.8 Å². The first-order valence-corrected chi connectivity index (χ1v) is 12.1. The Morgan fingerprint density at radius 2 is 1.77 bits per heavy atom. The summed E-state index contributed by atoms with van der Waals surface area (Å²) in [5.74, 6) is 1.30. The minimum Gasteiger partial charge on any atom is -0.490 e. The number of nitrogens with one attached hydrogen (secondary N) is 2. The molecule has 0 unspecified atom stereocenters. The molecular weight excluding hydrogens is 442 g/mol. The molecule has 2 fully saturated rings. The molecule has 0 bridgehead atoms. The number of carboxylic acid groups (broad SMARTS) is 1. The lowest BCUT2D eigenvalue weighted by Crippen LogP contribution is -2.50. The number of tetrazole rings is 1. The van der Waals surface area contributed by atoms with Crippen molar-refractivity contribution in [2.75, 3.05) is 6.54 Å². The summed E-state index contributed by atoms with van der Waals surface area (Å²) in [6.45, 7) is 0.764. The molecule has 3 N–H and O–H groups in total. The lowest BCUT2D eigenvalue weighted by atomic mass is 9.72. The van der Waals surface area contributed by atoms with Crippen molar-refractivity contribution in [3.05, 3.63) is 60.7 Å². The van der Waals surface area contributed by atoms with Crippen molar-refractivity contribution < 1.29 is 14.6 Å². The van der Waals surface area contributed by atoms with E-state index in [0.29, 0.717) is 24.1 Å². The van der Waals surface area contributed by atoms with E-state index < -0.39 is 12.0 Å². The average molecular weight is 470 g/mol. The molecule has 1 aromatic heterocycles. The van der Waals surface area contributed by atoms with Gasteiger partial charge in [-0.05, 0) is 89.4 Å². The molecule has 3 aromatic carbocycles. The molecule has 8 heteroatoms. The van der Waals surface area contributed by atoms with Crippen molar-refractivity contribution in [2.45, 2.75) is 37.8 Å². The maximum Gasteiger partial charge on any atom is 0.320 e. The van der Waals surface area contributed by atoms with Gasteiger partial charge in [-0.2, -0.15) is 5.21 Å². The first-order valence-electron chi connectivity index (χ1n) is 12.1. The van der Waals surface area contributed by atoms with Gasteiger partial charge in [0, 0.05) is 0 Å². The Morgan fingerprint density at radius 1 is 0.943 bits per heavy atom. The normalized spacial score (nSPS) is 24.1. The van der Waals surface area contributed by atoms with Crippen LogP contribution in [-0.2, 0) is 4.79 Å². The molecule has 2 heterocycles. The number of ether oxygens (including phenoxy) is 1. The number of benzene rings is 3. The summed E-state index contributed by atoms with van der Waals surface area (Å²) in [4.78, 5) is 11.5. The predicted molar refractivity (Wildman–Crippen MR) is 132 cm³/mol. The van der Waals surface area contributed by atoms with E-state index in [2.05, 4.69) is 68.4 Å². The summed E-state index contributed by atoms with van der Waals surface area (Å²) < 4.78 is 6.62. The maximum atomic E-state index is 11.5. The monoisotopic (exact) mass is 469 g/mol. The molecule has 178 valence electrons. The quantitative estimate of drug-likeness (QED) is 0.399. The van der Waals surface area contributed by atoms with E-state index in [4.69, 9.17) is 4.74 Å². The Morgan fingerprint density at radius 3 is 2.60 bits per heavy atom. The van der Waals surface area contributed by atoms with E-state index in [-0.39, 0.29) is 6.10 Å². The van der Waals surface area contributed by atoms with E-state index in [0.717, 1.165) is 48.2 Å². The second-order valence-corrected chi connectivity index (χ2v) is 9.62. The van der Waals surface area contributed by atoms with Gasteiger partial charge in [0.15, 0.2) is 0 Å². The number of hydrogen-bond acceptors (Lipinski definition) is 6. The lowest BCUT2D eigenvalue weighted by molar-refractivity contribution is -0.141. The van der Waals surface area contributed by atoms with Gasteiger partial charge in [-0.15, -0.1) is 10.2 Å². The van der Waals surface area contributed by atoms with Crippen molar-refractivity contribution in [3.63, 3.8) is 0 Å². The summed E-state index contributed by atoms with van der Waals surface area (Å²) >= 11 is 0. The van der Waals surface area contributed by atoms with Crippen LogP contribution in [0.25, 0.3) is 33.3 Å². The summed E-state index contributed by atoms with van der Waals surface area (Å²) in [6.07, 6.45) is 3.47. The standard InChI is InChI=1S/C27H27N5O3/c33-27(34)24-13-21-12-22(9-7-20(21)15-28-24)35-25-14-19(8-10-23(25)26-29-31-32-30-26)18-6-5-16-3-1-2-4-17(16)11-18/h1-6,8,10-11,14,20-22,24,28H,7,9,12-13,15H2,(H,33,34)(H,29,30,31,32)/t20-,21-,22-,24-/m0/s1. The molecule has 4 atom stereocenters. The van der Waals surface area contributed by atoms with Crippen molar-refractivity contribution in [3.8, 4) is 28.3 Å². The van der Waals surface area contributed by atoms with Gasteiger partial charge in [-0.25, -0.2) is 0 Å². The zero-order chi connectivity index (χ0) is 23.8. The number of aromatic amines is 1. The molecule has 35 heavy (non-hydrogen) atoms. The number of carbonyl (C=O) groups is 1. The molecule has 0 amide bonds. The first kappa shape index (κ1) is 21.7. The van der Waals surface area contributed by atoms with Gasteiger partial charge in [-0.3, -0.25) is 4.79 Å². The van der Waals surface area contributed by atoms with Gasteiger partial charge in [0.2, 0.25) is 5.82 Å². The highest BCUT2D eigenvalue weighted by Gasteiger charge is 2.38.